The van der Waals surface area contributed by atoms with Crippen LogP contribution in [0.2, 0.25) is 0 Å². The van der Waals surface area contributed by atoms with Crippen LogP contribution < -0.4 is 15.4 Å². The fraction of sp³-hybridized carbons (Fsp3) is 0.185. The lowest BCUT2D eigenvalue weighted by molar-refractivity contribution is -0.118. The highest BCUT2D eigenvalue weighted by atomic mass is 16.5. The molecule has 1 aliphatic heterocycles. The summed E-state index contributed by atoms with van der Waals surface area (Å²) in [5.41, 5.74) is 1.34. The summed E-state index contributed by atoms with van der Waals surface area (Å²) in [7, 11) is 0. The molecule has 4 rings (SSSR count). The first-order valence-corrected chi connectivity index (χ1v) is 11.0. The molecule has 1 saturated heterocycles. The van der Waals surface area contributed by atoms with Gasteiger partial charge in [0.05, 0.1) is 6.10 Å². The van der Waals surface area contributed by atoms with Gasteiger partial charge in [-0.05, 0) is 60.9 Å². The summed E-state index contributed by atoms with van der Waals surface area (Å²) in [6, 6.07) is 25.6. The van der Waals surface area contributed by atoms with Gasteiger partial charge in [0.2, 0.25) is 0 Å². The van der Waals surface area contributed by atoms with Gasteiger partial charge in [-0.15, -0.1) is 0 Å². The van der Waals surface area contributed by atoms with Crippen molar-refractivity contribution < 1.29 is 19.1 Å². The van der Waals surface area contributed by atoms with E-state index >= 15 is 0 Å². The minimum Gasteiger partial charge on any atom is -0.457 e. The topological polar surface area (TPSA) is 76.7 Å². The quantitative estimate of drug-likeness (QED) is 0.502. The molecule has 1 fully saturated rings. The molecule has 6 nitrogen and oxygen atoms in total. The zero-order valence-corrected chi connectivity index (χ0v) is 18.2. The van der Waals surface area contributed by atoms with Gasteiger partial charge in [-0.2, -0.15) is 0 Å². The van der Waals surface area contributed by atoms with E-state index in [4.69, 9.17) is 9.47 Å². The number of rotatable bonds is 8. The molecule has 0 aromatic heterocycles. The standard InChI is InChI=1S/C27H26N2O4/c30-26(21-10-3-1-4-11-21)29-25(27(31)28-19-24-15-8-16-32-24)18-20-9-7-14-23(17-20)33-22-12-5-2-6-13-22/h1-7,9-14,17-18,24H,8,15-16,19H2,(H,28,31)(H,29,30)/b25-18-. The zero-order valence-electron chi connectivity index (χ0n) is 18.2. The molecular weight excluding hydrogens is 416 g/mol. The molecule has 2 N–H and O–H groups in total. The third-order valence-corrected chi connectivity index (χ3v) is 5.19. The van der Waals surface area contributed by atoms with Crippen LogP contribution in [0.4, 0.5) is 0 Å². The second kappa shape index (κ2) is 11.1. The summed E-state index contributed by atoms with van der Waals surface area (Å²) in [5, 5.41) is 5.63. The number of ether oxygens (including phenoxy) is 2. The van der Waals surface area contributed by atoms with Crippen molar-refractivity contribution in [2.45, 2.75) is 18.9 Å². The Labute approximate surface area is 193 Å². The third kappa shape index (κ3) is 6.54. The van der Waals surface area contributed by atoms with E-state index in [2.05, 4.69) is 10.6 Å². The van der Waals surface area contributed by atoms with E-state index in [1.165, 1.54) is 0 Å². The van der Waals surface area contributed by atoms with Crippen LogP contribution in [0.5, 0.6) is 11.5 Å². The van der Waals surface area contributed by atoms with Gasteiger partial charge in [-0.3, -0.25) is 9.59 Å². The van der Waals surface area contributed by atoms with Gasteiger partial charge in [0, 0.05) is 18.7 Å². The van der Waals surface area contributed by atoms with Crippen LogP contribution in [-0.4, -0.2) is 31.1 Å². The average Bonchev–Trinajstić information content (AvgIpc) is 3.37. The molecule has 168 valence electrons. The van der Waals surface area contributed by atoms with Crippen molar-refractivity contribution in [1.82, 2.24) is 10.6 Å². The van der Waals surface area contributed by atoms with Gasteiger partial charge >= 0.3 is 0 Å². The molecule has 3 aromatic rings. The Balaban J connectivity index is 1.54. The maximum absolute atomic E-state index is 13.0. The molecule has 6 heteroatoms. The number of hydrogen-bond donors (Lipinski definition) is 2. The van der Waals surface area contributed by atoms with Gasteiger partial charge < -0.3 is 20.1 Å². The molecule has 1 unspecified atom stereocenters. The number of amides is 2. The van der Waals surface area contributed by atoms with Crippen LogP contribution in [0.3, 0.4) is 0 Å². The Morgan fingerprint density at radius 1 is 0.939 bits per heavy atom. The number of hydrogen-bond acceptors (Lipinski definition) is 4. The Morgan fingerprint density at radius 2 is 1.67 bits per heavy atom. The van der Waals surface area contributed by atoms with Crippen molar-refractivity contribution >= 4 is 17.9 Å². The smallest absolute Gasteiger partial charge is 0.267 e. The maximum Gasteiger partial charge on any atom is 0.267 e. The Hall–Kier alpha value is -3.90. The van der Waals surface area contributed by atoms with E-state index < -0.39 is 0 Å². The molecule has 33 heavy (non-hydrogen) atoms. The van der Waals surface area contributed by atoms with Crippen LogP contribution >= 0.6 is 0 Å². The number of carbonyl (C=O) groups is 2. The van der Waals surface area contributed by atoms with Crippen molar-refractivity contribution in [3.8, 4) is 11.5 Å². The minimum absolute atomic E-state index is 0.00243. The Bertz CT molecular complexity index is 1110. The summed E-state index contributed by atoms with van der Waals surface area (Å²) in [4.78, 5) is 25.7. The lowest BCUT2D eigenvalue weighted by Gasteiger charge is -2.14. The molecular formula is C27H26N2O4. The van der Waals surface area contributed by atoms with Crippen LogP contribution in [-0.2, 0) is 9.53 Å². The van der Waals surface area contributed by atoms with E-state index in [0.29, 0.717) is 30.2 Å². The SMILES string of the molecule is O=C(NCC1CCCO1)/C(=C/c1cccc(Oc2ccccc2)c1)NC(=O)c1ccccc1. The molecule has 0 bridgehead atoms. The maximum atomic E-state index is 13.0. The lowest BCUT2D eigenvalue weighted by atomic mass is 10.1. The van der Waals surface area contributed by atoms with Crippen LogP contribution in [0, 0.1) is 0 Å². The van der Waals surface area contributed by atoms with E-state index in [1.807, 2.05) is 60.7 Å². The monoisotopic (exact) mass is 442 g/mol. The van der Waals surface area contributed by atoms with Crippen molar-refractivity contribution in [3.05, 3.63) is 102 Å². The largest absolute Gasteiger partial charge is 0.457 e. The summed E-state index contributed by atoms with van der Waals surface area (Å²) in [6.07, 6.45) is 3.54. The molecule has 1 heterocycles. The van der Waals surface area contributed by atoms with Crippen molar-refractivity contribution in [2.24, 2.45) is 0 Å². The summed E-state index contributed by atoms with van der Waals surface area (Å²) in [6.45, 7) is 1.11. The normalized spacial score (nSPS) is 15.6. The average molecular weight is 443 g/mol. The molecule has 0 aliphatic carbocycles. The molecule has 1 aliphatic rings. The van der Waals surface area contributed by atoms with Gasteiger partial charge in [-0.25, -0.2) is 0 Å². The van der Waals surface area contributed by atoms with Crippen molar-refractivity contribution in [3.63, 3.8) is 0 Å². The van der Waals surface area contributed by atoms with E-state index in [0.717, 1.165) is 18.4 Å². The predicted molar refractivity (Wildman–Crippen MR) is 127 cm³/mol. The van der Waals surface area contributed by atoms with Crippen molar-refractivity contribution in [2.75, 3.05) is 13.2 Å². The highest BCUT2D eigenvalue weighted by Gasteiger charge is 2.19. The Morgan fingerprint density at radius 3 is 2.39 bits per heavy atom. The van der Waals surface area contributed by atoms with Gasteiger partial charge in [0.15, 0.2) is 0 Å². The summed E-state index contributed by atoms with van der Waals surface area (Å²) >= 11 is 0. The molecule has 2 amide bonds. The number of nitrogens with one attached hydrogen (secondary N) is 2. The molecule has 0 spiro atoms. The predicted octanol–water partition coefficient (Wildman–Crippen LogP) is 4.55. The second-order valence-electron chi connectivity index (χ2n) is 7.71. The molecule has 3 aromatic carbocycles. The number of para-hydroxylation sites is 1. The second-order valence-corrected chi connectivity index (χ2v) is 7.71. The van der Waals surface area contributed by atoms with E-state index in [1.54, 1.807) is 30.3 Å². The number of carbonyl (C=O) groups excluding carboxylic acids is 2. The highest BCUT2D eigenvalue weighted by Crippen LogP contribution is 2.23. The summed E-state index contributed by atoms with van der Waals surface area (Å²) in [5.74, 6) is 0.615. The van der Waals surface area contributed by atoms with Gasteiger partial charge in [0.25, 0.3) is 11.8 Å². The van der Waals surface area contributed by atoms with Crippen LogP contribution in [0.1, 0.15) is 28.8 Å². The first kappa shape index (κ1) is 22.3. The fourth-order valence-corrected chi connectivity index (χ4v) is 3.51. The zero-order chi connectivity index (χ0) is 22.9. The lowest BCUT2D eigenvalue weighted by Crippen LogP contribution is -2.38. The van der Waals surface area contributed by atoms with E-state index in [9.17, 15) is 9.59 Å². The summed E-state index contributed by atoms with van der Waals surface area (Å²) < 4.78 is 11.5. The van der Waals surface area contributed by atoms with E-state index in [-0.39, 0.29) is 23.6 Å². The minimum atomic E-state index is -0.371. The number of benzene rings is 3. The van der Waals surface area contributed by atoms with Crippen LogP contribution in [0.15, 0.2) is 90.6 Å². The van der Waals surface area contributed by atoms with Gasteiger partial charge in [-0.1, -0.05) is 48.5 Å². The van der Waals surface area contributed by atoms with Crippen LogP contribution in [0.25, 0.3) is 6.08 Å². The molecule has 1 atom stereocenters. The van der Waals surface area contributed by atoms with Crippen molar-refractivity contribution in [1.29, 1.82) is 0 Å². The first-order valence-electron chi connectivity index (χ1n) is 11.0. The molecule has 0 radical (unpaired) electrons. The third-order valence-electron chi connectivity index (χ3n) is 5.19. The molecule has 0 saturated carbocycles. The van der Waals surface area contributed by atoms with Gasteiger partial charge in [0.1, 0.15) is 17.2 Å². The Kier molecular flexibility index (Phi) is 7.51. The first-order chi connectivity index (χ1) is 16.2. The highest BCUT2D eigenvalue weighted by molar-refractivity contribution is 6.05. The fourth-order valence-electron chi connectivity index (χ4n) is 3.51.